The van der Waals surface area contributed by atoms with Crippen LogP contribution >= 0.6 is 0 Å². The third-order valence-corrected chi connectivity index (χ3v) is 5.72. The first-order valence-electron chi connectivity index (χ1n) is 7.83. The van der Waals surface area contributed by atoms with Crippen molar-refractivity contribution in [1.29, 1.82) is 0 Å². The molecule has 4 rings (SSSR count). The number of hydrogen-bond acceptors (Lipinski definition) is 2. The van der Waals surface area contributed by atoms with Crippen LogP contribution in [-0.4, -0.2) is 28.1 Å². The Morgan fingerprint density at radius 1 is 1.20 bits per heavy atom. The third kappa shape index (κ3) is 1.68. The predicted molar refractivity (Wildman–Crippen MR) is 77.0 cm³/mol. The molecule has 5 atom stereocenters. The summed E-state index contributed by atoms with van der Waals surface area (Å²) >= 11 is 0. The number of nitrogens with zero attached hydrogens (tertiary/aromatic N) is 1. The van der Waals surface area contributed by atoms with Gasteiger partial charge in [0.05, 0.1) is 11.6 Å². The van der Waals surface area contributed by atoms with Gasteiger partial charge in [-0.3, -0.25) is 0 Å². The second kappa shape index (κ2) is 4.51. The molecule has 20 heavy (non-hydrogen) atoms. The van der Waals surface area contributed by atoms with Crippen LogP contribution in [0.15, 0.2) is 36.1 Å². The average molecular weight is 271 g/mol. The van der Waals surface area contributed by atoms with Crippen molar-refractivity contribution in [3.8, 4) is 0 Å². The Balaban J connectivity index is 1.71. The fraction of sp³-hybridized carbons (Fsp3) is 0.588. The fourth-order valence-corrected chi connectivity index (χ4v) is 4.90. The van der Waals surface area contributed by atoms with E-state index in [0.29, 0.717) is 29.5 Å². The number of piperidine rings is 1. The summed E-state index contributed by atoms with van der Waals surface area (Å²) in [6, 6.07) is 0.906. The van der Waals surface area contributed by atoms with E-state index in [9.17, 15) is 9.90 Å². The van der Waals surface area contributed by atoms with E-state index in [-0.39, 0.29) is 0 Å². The van der Waals surface area contributed by atoms with Gasteiger partial charge in [-0.15, -0.1) is 0 Å². The summed E-state index contributed by atoms with van der Waals surface area (Å²) in [6.07, 6.45) is 17.0. The normalized spacial score (nSPS) is 41.7. The van der Waals surface area contributed by atoms with Crippen LogP contribution in [0.1, 0.15) is 32.1 Å². The Bertz CT molecular complexity index is 519. The number of aliphatic carboxylic acids is 1. The van der Waals surface area contributed by atoms with Crippen molar-refractivity contribution in [1.82, 2.24) is 4.90 Å². The lowest BCUT2D eigenvalue weighted by Crippen LogP contribution is -2.56. The number of carbonyl (C=O) groups is 1. The zero-order valence-electron chi connectivity index (χ0n) is 11.6. The van der Waals surface area contributed by atoms with Crippen molar-refractivity contribution in [3.05, 3.63) is 36.1 Å². The summed E-state index contributed by atoms with van der Waals surface area (Å²) in [5.41, 5.74) is 0.432. The molecule has 0 aromatic carbocycles. The highest BCUT2D eigenvalue weighted by molar-refractivity contribution is 5.90. The van der Waals surface area contributed by atoms with E-state index in [0.717, 1.165) is 12.3 Å². The monoisotopic (exact) mass is 271 g/mol. The summed E-state index contributed by atoms with van der Waals surface area (Å²) in [5.74, 6) is 1.33. The Labute approximate surface area is 119 Å². The van der Waals surface area contributed by atoms with Gasteiger partial charge in [0.15, 0.2) is 0 Å². The molecule has 3 nitrogen and oxygen atoms in total. The van der Waals surface area contributed by atoms with E-state index in [2.05, 4.69) is 23.1 Å². The quantitative estimate of drug-likeness (QED) is 0.745. The zero-order valence-corrected chi connectivity index (χ0v) is 11.6. The number of carboxylic acid groups (broad SMARTS) is 1. The van der Waals surface area contributed by atoms with Crippen LogP contribution in [0, 0.1) is 17.8 Å². The van der Waals surface area contributed by atoms with Gasteiger partial charge in [0.2, 0.25) is 0 Å². The van der Waals surface area contributed by atoms with Gasteiger partial charge in [0.1, 0.15) is 0 Å². The van der Waals surface area contributed by atoms with Crippen LogP contribution in [-0.2, 0) is 4.79 Å². The van der Waals surface area contributed by atoms with Crippen molar-refractivity contribution in [2.75, 3.05) is 0 Å². The molecule has 2 aliphatic carbocycles. The van der Waals surface area contributed by atoms with E-state index < -0.39 is 5.97 Å². The van der Waals surface area contributed by atoms with Gasteiger partial charge in [-0.25, -0.2) is 4.79 Å². The lowest BCUT2D eigenvalue weighted by Gasteiger charge is -2.54. The van der Waals surface area contributed by atoms with Crippen molar-refractivity contribution >= 4 is 5.97 Å². The predicted octanol–water partition coefficient (Wildman–Crippen LogP) is 2.96. The summed E-state index contributed by atoms with van der Waals surface area (Å²) < 4.78 is 0. The first-order valence-corrected chi connectivity index (χ1v) is 7.83. The van der Waals surface area contributed by atoms with Gasteiger partial charge in [0.25, 0.3) is 0 Å². The second-order valence-electron chi connectivity index (χ2n) is 6.61. The number of hydrogen-bond donors (Lipinski definition) is 1. The van der Waals surface area contributed by atoms with Crippen LogP contribution in [0.2, 0.25) is 0 Å². The van der Waals surface area contributed by atoms with Crippen LogP contribution < -0.4 is 0 Å². The van der Waals surface area contributed by atoms with Gasteiger partial charge in [-0.2, -0.15) is 0 Å². The molecule has 106 valence electrons. The molecule has 2 heterocycles. The molecule has 0 amide bonds. The Morgan fingerprint density at radius 2 is 2.00 bits per heavy atom. The highest BCUT2D eigenvalue weighted by Gasteiger charge is 2.48. The standard InChI is InChI=1S/C17H21NO2/c19-17(20)11-8-9-16-13-5-2-1-4-12(13)14-6-3-7-15(14)18(16)10-11/h3,6,8-10,12-16H,1-2,4-5,7H2,(H,19,20). The van der Waals surface area contributed by atoms with Crippen LogP contribution in [0.4, 0.5) is 0 Å². The van der Waals surface area contributed by atoms with Crippen molar-refractivity contribution in [3.63, 3.8) is 0 Å². The van der Waals surface area contributed by atoms with Crippen molar-refractivity contribution in [2.24, 2.45) is 17.8 Å². The molecule has 1 N–H and O–H groups in total. The maximum Gasteiger partial charge on any atom is 0.337 e. The molecule has 4 aliphatic rings. The highest BCUT2D eigenvalue weighted by Crippen LogP contribution is 2.50. The maximum atomic E-state index is 11.2. The smallest absolute Gasteiger partial charge is 0.337 e. The summed E-state index contributed by atoms with van der Waals surface area (Å²) in [4.78, 5) is 13.6. The van der Waals surface area contributed by atoms with Crippen LogP contribution in [0.3, 0.4) is 0 Å². The van der Waals surface area contributed by atoms with Gasteiger partial charge >= 0.3 is 5.97 Å². The van der Waals surface area contributed by atoms with Crippen LogP contribution in [0.25, 0.3) is 0 Å². The first kappa shape index (κ1) is 12.2. The molecule has 2 fully saturated rings. The number of carboxylic acids is 1. The summed E-state index contributed by atoms with van der Waals surface area (Å²) in [5, 5.41) is 9.24. The summed E-state index contributed by atoms with van der Waals surface area (Å²) in [7, 11) is 0. The molecular weight excluding hydrogens is 250 g/mol. The Morgan fingerprint density at radius 3 is 2.80 bits per heavy atom. The molecule has 0 spiro atoms. The molecule has 0 aromatic rings. The molecule has 0 radical (unpaired) electrons. The van der Waals surface area contributed by atoms with E-state index in [1.54, 1.807) is 0 Å². The Kier molecular flexibility index (Phi) is 2.76. The molecule has 3 heteroatoms. The third-order valence-electron chi connectivity index (χ3n) is 5.72. The minimum absolute atomic E-state index is 0.421. The second-order valence-corrected chi connectivity index (χ2v) is 6.61. The first-order chi connectivity index (χ1) is 9.75. The van der Waals surface area contributed by atoms with Crippen LogP contribution in [0.5, 0.6) is 0 Å². The molecule has 5 unspecified atom stereocenters. The topological polar surface area (TPSA) is 40.5 Å². The van der Waals surface area contributed by atoms with Gasteiger partial charge in [0, 0.05) is 18.2 Å². The molecule has 1 saturated carbocycles. The van der Waals surface area contributed by atoms with Gasteiger partial charge in [-0.05, 0) is 37.2 Å². The van der Waals surface area contributed by atoms with E-state index in [1.165, 1.54) is 25.7 Å². The highest BCUT2D eigenvalue weighted by atomic mass is 16.4. The van der Waals surface area contributed by atoms with Gasteiger partial charge in [-0.1, -0.05) is 31.1 Å². The lowest BCUT2D eigenvalue weighted by atomic mass is 9.64. The lowest BCUT2D eigenvalue weighted by molar-refractivity contribution is -0.132. The largest absolute Gasteiger partial charge is 0.478 e. The van der Waals surface area contributed by atoms with E-state index >= 15 is 0 Å². The maximum absolute atomic E-state index is 11.2. The van der Waals surface area contributed by atoms with Crippen molar-refractivity contribution < 1.29 is 9.90 Å². The van der Waals surface area contributed by atoms with Crippen molar-refractivity contribution in [2.45, 2.75) is 44.2 Å². The molecular formula is C17H21NO2. The molecule has 0 bridgehead atoms. The Hall–Kier alpha value is -1.51. The molecule has 1 saturated heterocycles. The summed E-state index contributed by atoms with van der Waals surface area (Å²) in [6.45, 7) is 0. The van der Waals surface area contributed by atoms with E-state index in [1.807, 2.05) is 12.3 Å². The minimum atomic E-state index is -0.812. The number of rotatable bonds is 1. The average Bonchev–Trinajstić information content (AvgIpc) is 2.96. The fourth-order valence-electron chi connectivity index (χ4n) is 4.90. The molecule has 0 aromatic heterocycles. The SMILES string of the molecule is O=C(O)C1=CN2C(C=C1)C1CCCCC1C1C=CCC12. The van der Waals surface area contributed by atoms with Gasteiger partial charge < -0.3 is 10.0 Å². The number of fused-ring (bicyclic) bond motifs is 6. The molecule has 2 aliphatic heterocycles. The minimum Gasteiger partial charge on any atom is -0.478 e. The zero-order chi connectivity index (χ0) is 13.7. The van der Waals surface area contributed by atoms with E-state index in [4.69, 9.17) is 0 Å².